The lowest BCUT2D eigenvalue weighted by atomic mass is 10.2. The molecule has 0 fully saturated rings. The Labute approximate surface area is 113 Å². The van der Waals surface area contributed by atoms with Gasteiger partial charge in [-0.2, -0.15) is 0 Å². The summed E-state index contributed by atoms with van der Waals surface area (Å²) in [4.78, 5) is 10.9. The number of benzene rings is 2. The first-order valence-corrected chi connectivity index (χ1v) is 6.13. The number of rotatable bonds is 3. The van der Waals surface area contributed by atoms with Crippen molar-refractivity contribution >= 4 is 45.2 Å². The van der Waals surface area contributed by atoms with Crippen LogP contribution in [0.3, 0.4) is 0 Å². The number of hydrogen-bond acceptors (Lipinski definition) is 2. The van der Waals surface area contributed by atoms with Crippen LogP contribution in [-0.4, -0.2) is 6.29 Å². The second kappa shape index (κ2) is 5.34. The van der Waals surface area contributed by atoms with Gasteiger partial charge in [0.05, 0.1) is 0 Å². The van der Waals surface area contributed by atoms with E-state index in [1.54, 1.807) is 18.2 Å². The number of carbonyl (C=O) groups excluding carboxylic acids is 1. The summed E-state index contributed by atoms with van der Waals surface area (Å²) in [7, 11) is 0. The predicted octanol–water partition coefficient (Wildman–Crippen LogP) is 4.66. The van der Waals surface area contributed by atoms with E-state index in [4.69, 9.17) is 11.6 Å². The normalized spacial score (nSPS) is 10.0. The predicted molar refractivity (Wildman–Crippen MR) is 74.3 cm³/mol. The van der Waals surface area contributed by atoms with Gasteiger partial charge in [0.25, 0.3) is 0 Å². The first kappa shape index (κ1) is 12.1. The summed E-state index contributed by atoms with van der Waals surface area (Å²) >= 11 is 9.22. The lowest BCUT2D eigenvalue weighted by Gasteiger charge is -2.09. The lowest BCUT2D eigenvalue weighted by molar-refractivity contribution is 0.112. The highest BCUT2D eigenvalue weighted by Crippen LogP contribution is 2.24. The summed E-state index contributed by atoms with van der Waals surface area (Å²) in [5, 5.41) is 3.81. The van der Waals surface area contributed by atoms with Crippen molar-refractivity contribution in [3.63, 3.8) is 0 Å². The molecule has 2 nitrogen and oxygen atoms in total. The zero-order valence-corrected chi connectivity index (χ0v) is 11.1. The van der Waals surface area contributed by atoms with Crippen LogP contribution in [0.15, 0.2) is 46.9 Å². The van der Waals surface area contributed by atoms with Gasteiger partial charge in [-0.15, -0.1) is 0 Å². The van der Waals surface area contributed by atoms with Crippen molar-refractivity contribution in [3.8, 4) is 0 Å². The smallest absolute Gasteiger partial charge is 0.152 e. The fourth-order valence-electron chi connectivity index (χ4n) is 1.47. The Morgan fingerprint density at radius 2 is 2.00 bits per heavy atom. The molecule has 0 amide bonds. The Hall–Kier alpha value is -1.32. The van der Waals surface area contributed by atoms with E-state index in [1.165, 1.54) is 0 Å². The maximum absolute atomic E-state index is 10.9. The molecule has 0 spiro atoms. The molecular weight excluding hydrogens is 302 g/mol. The van der Waals surface area contributed by atoms with Crippen LogP contribution in [0.4, 0.5) is 11.4 Å². The molecule has 0 saturated carbocycles. The van der Waals surface area contributed by atoms with Crippen molar-refractivity contribution in [2.24, 2.45) is 0 Å². The molecule has 17 heavy (non-hydrogen) atoms. The molecular formula is C13H9BrClNO. The summed E-state index contributed by atoms with van der Waals surface area (Å²) < 4.78 is 0.872. The summed E-state index contributed by atoms with van der Waals surface area (Å²) in [6.45, 7) is 0. The third-order valence-corrected chi connectivity index (χ3v) is 2.97. The van der Waals surface area contributed by atoms with E-state index < -0.39 is 0 Å². The monoisotopic (exact) mass is 309 g/mol. The molecule has 0 heterocycles. The molecule has 0 atom stereocenters. The Balaban J connectivity index is 2.32. The minimum atomic E-state index is 0.597. The molecule has 0 aliphatic rings. The minimum Gasteiger partial charge on any atom is -0.355 e. The fraction of sp³-hybridized carbons (Fsp3) is 0. The average molecular weight is 311 g/mol. The van der Waals surface area contributed by atoms with Gasteiger partial charge >= 0.3 is 0 Å². The third-order valence-electron chi connectivity index (χ3n) is 2.24. The molecule has 2 aromatic carbocycles. The van der Waals surface area contributed by atoms with Crippen molar-refractivity contribution < 1.29 is 4.79 Å². The standard InChI is InChI=1S/C13H9BrClNO/c14-10-4-5-13(9(6-10)8-17)16-12-3-1-2-11(15)7-12/h1-8,16H. The van der Waals surface area contributed by atoms with E-state index in [0.717, 1.165) is 22.1 Å². The number of carbonyl (C=O) groups is 1. The van der Waals surface area contributed by atoms with Crippen LogP contribution in [-0.2, 0) is 0 Å². The van der Waals surface area contributed by atoms with Gasteiger partial charge in [0.15, 0.2) is 6.29 Å². The van der Waals surface area contributed by atoms with Crippen LogP contribution in [0.1, 0.15) is 10.4 Å². The highest BCUT2D eigenvalue weighted by molar-refractivity contribution is 9.10. The van der Waals surface area contributed by atoms with Crippen LogP contribution >= 0.6 is 27.5 Å². The molecule has 1 N–H and O–H groups in total. The Morgan fingerprint density at radius 1 is 1.18 bits per heavy atom. The van der Waals surface area contributed by atoms with Crippen LogP contribution in [0.25, 0.3) is 0 Å². The van der Waals surface area contributed by atoms with Gasteiger partial charge < -0.3 is 5.32 Å². The number of aldehydes is 1. The van der Waals surface area contributed by atoms with Crippen molar-refractivity contribution in [1.29, 1.82) is 0 Å². The molecule has 0 bridgehead atoms. The van der Waals surface area contributed by atoms with Gasteiger partial charge in [-0.1, -0.05) is 33.6 Å². The second-order valence-corrected chi connectivity index (χ2v) is 4.84. The first-order chi connectivity index (χ1) is 8.19. The van der Waals surface area contributed by atoms with Gasteiger partial charge in [0, 0.05) is 26.4 Å². The van der Waals surface area contributed by atoms with Gasteiger partial charge in [-0.25, -0.2) is 0 Å². The van der Waals surface area contributed by atoms with Crippen LogP contribution < -0.4 is 5.32 Å². The zero-order chi connectivity index (χ0) is 12.3. The summed E-state index contributed by atoms with van der Waals surface area (Å²) in [5.41, 5.74) is 2.20. The van der Waals surface area contributed by atoms with Gasteiger partial charge in [-0.3, -0.25) is 4.79 Å². The van der Waals surface area contributed by atoms with Crippen molar-refractivity contribution in [3.05, 3.63) is 57.5 Å². The van der Waals surface area contributed by atoms with E-state index in [-0.39, 0.29) is 0 Å². The van der Waals surface area contributed by atoms with Crippen LogP contribution in [0.2, 0.25) is 5.02 Å². The van der Waals surface area contributed by atoms with Crippen LogP contribution in [0, 0.1) is 0 Å². The molecule has 0 aliphatic carbocycles. The maximum atomic E-state index is 10.9. The minimum absolute atomic E-state index is 0.597. The lowest BCUT2D eigenvalue weighted by Crippen LogP contribution is -1.95. The average Bonchev–Trinajstić information content (AvgIpc) is 2.31. The Morgan fingerprint density at radius 3 is 2.71 bits per heavy atom. The van der Waals surface area contributed by atoms with E-state index >= 15 is 0 Å². The third kappa shape index (κ3) is 3.08. The molecule has 4 heteroatoms. The number of hydrogen-bond donors (Lipinski definition) is 1. The van der Waals surface area contributed by atoms with E-state index in [1.807, 2.05) is 24.3 Å². The van der Waals surface area contributed by atoms with Gasteiger partial charge in [0.2, 0.25) is 0 Å². The Bertz CT molecular complexity index is 557. The molecule has 86 valence electrons. The largest absolute Gasteiger partial charge is 0.355 e. The quantitative estimate of drug-likeness (QED) is 0.835. The topological polar surface area (TPSA) is 29.1 Å². The highest BCUT2D eigenvalue weighted by Gasteiger charge is 2.03. The van der Waals surface area contributed by atoms with Crippen molar-refractivity contribution in [2.75, 3.05) is 5.32 Å². The van der Waals surface area contributed by atoms with Crippen molar-refractivity contribution in [1.82, 2.24) is 0 Å². The van der Waals surface area contributed by atoms with Crippen molar-refractivity contribution in [2.45, 2.75) is 0 Å². The maximum Gasteiger partial charge on any atom is 0.152 e. The molecule has 2 rings (SSSR count). The van der Waals surface area contributed by atoms with E-state index in [2.05, 4.69) is 21.2 Å². The summed E-state index contributed by atoms with van der Waals surface area (Å²) in [6, 6.07) is 12.8. The Kier molecular flexibility index (Phi) is 3.82. The number of anilines is 2. The van der Waals surface area contributed by atoms with E-state index in [9.17, 15) is 4.79 Å². The molecule has 2 aromatic rings. The number of halogens is 2. The molecule has 0 saturated heterocycles. The first-order valence-electron chi connectivity index (χ1n) is 4.96. The molecule has 0 aromatic heterocycles. The van der Waals surface area contributed by atoms with Crippen LogP contribution in [0.5, 0.6) is 0 Å². The molecule has 0 radical (unpaired) electrons. The fourth-order valence-corrected chi connectivity index (χ4v) is 2.04. The van der Waals surface area contributed by atoms with Gasteiger partial charge in [0.1, 0.15) is 0 Å². The molecule has 0 unspecified atom stereocenters. The summed E-state index contributed by atoms with van der Waals surface area (Å²) in [6.07, 6.45) is 0.817. The van der Waals surface area contributed by atoms with E-state index in [0.29, 0.717) is 10.6 Å². The molecule has 0 aliphatic heterocycles. The second-order valence-electron chi connectivity index (χ2n) is 3.48. The highest BCUT2D eigenvalue weighted by atomic mass is 79.9. The summed E-state index contributed by atoms with van der Waals surface area (Å²) in [5.74, 6) is 0. The van der Waals surface area contributed by atoms with Gasteiger partial charge in [-0.05, 0) is 36.4 Å². The SMILES string of the molecule is O=Cc1cc(Br)ccc1Nc1cccc(Cl)c1. The number of nitrogens with one attached hydrogen (secondary N) is 1. The zero-order valence-electron chi connectivity index (χ0n) is 8.78.